The second-order valence-electron chi connectivity index (χ2n) is 12.0. The van der Waals surface area contributed by atoms with Gasteiger partial charge in [0.1, 0.15) is 22.9 Å². The number of anilines is 5. The van der Waals surface area contributed by atoms with Crippen LogP contribution in [-0.4, -0.2) is 107 Å². The molecule has 0 unspecified atom stereocenters. The Labute approximate surface area is 259 Å². The molecule has 230 valence electrons. The molecule has 0 spiro atoms. The molecule has 6 heterocycles. The summed E-state index contributed by atoms with van der Waals surface area (Å²) in [5, 5.41) is 9.16. The number of imidazole rings is 1. The Morgan fingerprint density at radius 2 is 1.75 bits per heavy atom. The van der Waals surface area contributed by atoms with E-state index in [2.05, 4.69) is 84.3 Å². The molecule has 2 aliphatic rings. The summed E-state index contributed by atoms with van der Waals surface area (Å²) in [4.78, 5) is 25.2. The Bertz CT molecular complexity index is 1750. The van der Waals surface area contributed by atoms with Crippen molar-refractivity contribution in [1.29, 1.82) is 0 Å². The van der Waals surface area contributed by atoms with Crippen molar-refractivity contribution in [2.24, 2.45) is 0 Å². The van der Waals surface area contributed by atoms with Gasteiger partial charge < -0.3 is 34.6 Å². The molecular weight excluding hydrogens is 571 g/mol. The molecule has 11 nitrogen and oxygen atoms in total. The number of aromatic nitrogens is 5. The summed E-state index contributed by atoms with van der Waals surface area (Å²) in [6, 6.07) is 11.1. The van der Waals surface area contributed by atoms with Crippen molar-refractivity contribution < 1.29 is 4.74 Å². The van der Waals surface area contributed by atoms with Crippen LogP contribution in [0.4, 0.5) is 28.8 Å². The number of hydrogen-bond acceptors (Lipinski definition) is 9. The first-order chi connectivity index (χ1) is 21.5. The highest BCUT2D eigenvalue weighted by atomic mass is 31.1. The summed E-state index contributed by atoms with van der Waals surface area (Å²) >= 11 is 0. The van der Waals surface area contributed by atoms with Crippen molar-refractivity contribution in [3.8, 4) is 5.75 Å². The number of likely N-dealkylation sites (N-methyl/N-ethyl adjacent to an activating group) is 1. The number of piperidine rings is 1. The van der Waals surface area contributed by atoms with Gasteiger partial charge in [-0.15, -0.1) is 0 Å². The molecular formula is C32H41N10OP. The standard InChI is InChI=1S/C32H41N10OP/c1-39-17-19-41(20-18-39)22-8-13-40(14-9-22)23-5-6-25(27(21-23)43-2)36-32-37-29-24(7-11-33-29)30(38-32)35-26-10-15-42-16-12-34-31(42)28(26)44(3)4/h5-7,10-12,15-16,21-22H,8-9,13-14,17-20H2,1-4H3,(H3,33,35,36,37,38). The van der Waals surface area contributed by atoms with E-state index < -0.39 is 7.92 Å². The zero-order valence-electron chi connectivity index (χ0n) is 25.9. The van der Waals surface area contributed by atoms with Crippen LogP contribution in [0.25, 0.3) is 16.7 Å². The quantitative estimate of drug-likeness (QED) is 0.216. The van der Waals surface area contributed by atoms with Crippen LogP contribution in [0.1, 0.15) is 12.8 Å². The van der Waals surface area contributed by atoms with E-state index in [1.807, 2.05) is 30.9 Å². The molecule has 0 radical (unpaired) electrons. The van der Waals surface area contributed by atoms with E-state index >= 15 is 0 Å². The molecule has 2 aliphatic heterocycles. The summed E-state index contributed by atoms with van der Waals surface area (Å²) < 4.78 is 7.92. The van der Waals surface area contributed by atoms with Crippen molar-refractivity contribution in [2.45, 2.75) is 18.9 Å². The summed E-state index contributed by atoms with van der Waals surface area (Å²) in [5.74, 6) is 1.98. The maximum atomic E-state index is 5.86. The van der Waals surface area contributed by atoms with Crippen molar-refractivity contribution in [2.75, 3.05) is 82.3 Å². The summed E-state index contributed by atoms with van der Waals surface area (Å²) in [6.07, 6.45) is 10.1. The molecule has 0 amide bonds. The molecule has 12 heteroatoms. The number of nitrogens with one attached hydrogen (secondary N) is 3. The number of methoxy groups -OCH3 is 1. The predicted molar refractivity (Wildman–Crippen MR) is 181 cm³/mol. The predicted octanol–water partition coefficient (Wildman–Crippen LogP) is 4.68. The minimum Gasteiger partial charge on any atom is -0.494 e. The van der Waals surface area contributed by atoms with Gasteiger partial charge >= 0.3 is 0 Å². The average molecular weight is 613 g/mol. The first-order valence-corrected chi connectivity index (χ1v) is 17.6. The normalized spacial score (nSPS) is 17.2. The number of nitrogens with zero attached hydrogens (tertiary/aromatic N) is 7. The summed E-state index contributed by atoms with van der Waals surface area (Å²) in [7, 11) is 3.51. The number of benzene rings is 1. The number of pyridine rings is 1. The molecule has 1 aromatic carbocycles. The third-order valence-electron chi connectivity index (χ3n) is 8.97. The number of rotatable bonds is 8. The van der Waals surface area contributed by atoms with Crippen LogP contribution >= 0.6 is 7.92 Å². The Morgan fingerprint density at radius 1 is 0.932 bits per heavy atom. The van der Waals surface area contributed by atoms with Crippen molar-refractivity contribution >= 4 is 58.7 Å². The van der Waals surface area contributed by atoms with Gasteiger partial charge in [0.25, 0.3) is 0 Å². The lowest BCUT2D eigenvalue weighted by Crippen LogP contribution is -2.52. The van der Waals surface area contributed by atoms with Crippen LogP contribution < -0.4 is 25.6 Å². The second kappa shape index (κ2) is 12.2. The average Bonchev–Trinajstić information content (AvgIpc) is 3.71. The van der Waals surface area contributed by atoms with Crippen molar-refractivity contribution in [1.82, 2.24) is 34.1 Å². The number of fused-ring (bicyclic) bond motifs is 2. The van der Waals surface area contributed by atoms with Crippen LogP contribution in [0, 0.1) is 0 Å². The fourth-order valence-corrected chi connectivity index (χ4v) is 7.69. The third kappa shape index (κ3) is 5.67. The molecule has 0 bridgehead atoms. The lowest BCUT2D eigenvalue weighted by Gasteiger charge is -2.42. The lowest BCUT2D eigenvalue weighted by atomic mass is 10.0. The number of piperazine rings is 1. The molecule has 0 saturated carbocycles. The molecule has 3 N–H and O–H groups in total. The SMILES string of the molecule is COc1cc(N2CCC(N3CCN(C)CC3)CC2)ccc1Nc1nc(Nc2ccn3ccnc3c2P(C)C)c2cc[nH]c2n1. The topological polar surface area (TPSA) is 102 Å². The number of hydrogen-bond donors (Lipinski definition) is 3. The van der Waals surface area contributed by atoms with Crippen LogP contribution in [-0.2, 0) is 0 Å². The van der Waals surface area contributed by atoms with Crippen LogP contribution in [0.15, 0.2) is 55.1 Å². The fraction of sp³-hybridized carbons (Fsp3) is 0.406. The van der Waals surface area contributed by atoms with E-state index in [0.717, 1.165) is 52.7 Å². The van der Waals surface area contributed by atoms with E-state index in [1.165, 1.54) is 50.0 Å². The van der Waals surface area contributed by atoms with Gasteiger partial charge in [0.2, 0.25) is 5.95 Å². The number of ether oxygens (including phenoxy) is 1. The molecule has 0 aliphatic carbocycles. The highest BCUT2D eigenvalue weighted by molar-refractivity contribution is 7.65. The highest BCUT2D eigenvalue weighted by Crippen LogP contribution is 2.36. The second-order valence-corrected chi connectivity index (χ2v) is 14.2. The van der Waals surface area contributed by atoms with Gasteiger partial charge in [-0.25, -0.2) is 4.98 Å². The maximum Gasteiger partial charge on any atom is 0.231 e. The van der Waals surface area contributed by atoms with Crippen molar-refractivity contribution in [3.63, 3.8) is 0 Å². The Hall–Kier alpha value is -3.92. The van der Waals surface area contributed by atoms with Crippen LogP contribution in [0.2, 0.25) is 0 Å². The minimum atomic E-state index is -0.427. The molecule has 5 aromatic rings. The van der Waals surface area contributed by atoms with Gasteiger partial charge in [-0.3, -0.25) is 4.90 Å². The number of aromatic amines is 1. The summed E-state index contributed by atoms with van der Waals surface area (Å²) in [6.45, 7) is 11.3. The van der Waals surface area contributed by atoms with Gasteiger partial charge in [-0.2, -0.15) is 9.97 Å². The fourth-order valence-electron chi connectivity index (χ4n) is 6.51. The first kappa shape index (κ1) is 28.8. The molecule has 4 aromatic heterocycles. The number of H-pyrrole nitrogens is 1. The van der Waals surface area contributed by atoms with Crippen LogP contribution in [0.3, 0.4) is 0 Å². The first-order valence-electron chi connectivity index (χ1n) is 15.3. The van der Waals surface area contributed by atoms with Gasteiger partial charge in [-0.1, -0.05) is 7.92 Å². The van der Waals surface area contributed by atoms with E-state index in [-0.39, 0.29) is 0 Å². The molecule has 44 heavy (non-hydrogen) atoms. The molecule has 7 rings (SSSR count). The highest BCUT2D eigenvalue weighted by Gasteiger charge is 2.27. The smallest absolute Gasteiger partial charge is 0.231 e. The summed E-state index contributed by atoms with van der Waals surface area (Å²) in [5.41, 5.74) is 4.74. The van der Waals surface area contributed by atoms with E-state index in [0.29, 0.717) is 12.0 Å². The van der Waals surface area contributed by atoms with E-state index in [9.17, 15) is 0 Å². The zero-order valence-corrected chi connectivity index (χ0v) is 26.8. The van der Waals surface area contributed by atoms with E-state index in [4.69, 9.17) is 14.7 Å². The van der Waals surface area contributed by atoms with Gasteiger partial charge in [0.15, 0.2) is 0 Å². The minimum absolute atomic E-state index is 0.427. The van der Waals surface area contributed by atoms with E-state index in [1.54, 1.807) is 7.11 Å². The Morgan fingerprint density at radius 3 is 2.52 bits per heavy atom. The molecule has 0 atom stereocenters. The van der Waals surface area contributed by atoms with Gasteiger partial charge in [0.05, 0.1) is 23.9 Å². The molecule has 2 saturated heterocycles. The molecule has 2 fully saturated rings. The Balaban J connectivity index is 1.10. The van der Waals surface area contributed by atoms with Gasteiger partial charge in [-0.05, 0) is 57.5 Å². The maximum absolute atomic E-state index is 5.86. The Kier molecular flexibility index (Phi) is 8.01. The largest absolute Gasteiger partial charge is 0.494 e. The lowest BCUT2D eigenvalue weighted by molar-refractivity contribution is 0.0982. The van der Waals surface area contributed by atoms with Gasteiger partial charge in [0, 0.05) is 87.2 Å². The third-order valence-corrected chi connectivity index (χ3v) is 10.3. The van der Waals surface area contributed by atoms with Crippen molar-refractivity contribution in [3.05, 3.63) is 55.1 Å². The van der Waals surface area contributed by atoms with Crippen LogP contribution in [0.5, 0.6) is 5.75 Å². The zero-order chi connectivity index (χ0) is 30.2. The monoisotopic (exact) mass is 612 g/mol.